The normalized spacial score (nSPS) is 10.4. The van der Waals surface area contributed by atoms with E-state index in [4.69, 9.17) is 0 Å². The lowest BCUT2D eigenvalue weighted by molar-refractivity contribution is 0.102. The summed E-state index contributed by atoms with van der Waals surface area (Å²) in [6.07, 6.45) is 1.72. The molecule has 2 aromatic carbocycles. The smallest absolute Gasteiger partial charge is 0.255 e. The molecule has 0 aliphatic heterocycles. The van der Waals surface area contributed by atoms with Gasteiger partial charge in [0, 0.05) is 17.1 Å². The number of pyridine rings is 1. The first-order chi connectivity index (χ1) is 9.74. The quantitative estimate of drug-likeness (QED) is 0.747. The van der Waals surface area contributed by atoms with Crippen LogP contribution in [0.3, 0.4) is 0 Å². The zero-order valence-corrected chi connectivity index (χ0v) is 10.6. The van der Waals surface area contributed by atoms with Crippen LogP contribution in [0.25, 0.3) is 10.9 Å². The zero-order chi connectivity index (χ0) is 13.9. The van der Waals surface area contributed by atoms with E-state index in [1.165, 1.54) is 12.1 Å². The second kappa shape index (κ2) is 5.01. The highest BCUT2D eigenvalue weighted by Gasteiger charge is 2.08. The van der Waals surface area contributed by atoms with E-state index < -0.39 is 0 Å². The van der Waals surface area contributed by atoms with Gasteiger partial charge in [-0.3, -0.25) is 9.78 Å². The minimum atomic E-state index is -0.221. The van der Waals surface area contributed by atoms with Gasteiger partial charge in [-0.05, 0) is 48.5 Å². The third-order valence-electron chi connectivity index (χ3n) is 3.02. The molecule has 1 aromatic heterocycles. The van der Waals surface area contributed by atoms with Gasteiger partial charge in [0.2, 0.25) is 0 Å². The monoisotopic (exact) mass is 264 g/mol. The number of carbonyl (C=O) groups is 1. The number of nitrogens with one attached hydrogen (secondary N) is 1. The highest BCUT2D eigenvalue weighted by atomic mass is 16.3. The second-order valence-electron chi connectivity index (χ2n) is 4.38. The summed E-state index contributed by atoms with van der Waals surface area (Å²) < 4.78 is 0. The Morgan fingerprint density at radius 2 is 1.80 bits per heavy atom. The lowest BCUT2D eigenvalue weighted by atomic mass is 10.1. The van der Waals surface area contributed by atoms with Gasteiger partial charge >= 0.3 is 0 Å². The van der Waals surface area contributed by atoms with Crippen molar-refractivity contribution in [2.75, 3.05) is 5.32 Å². The van der Waals surface area contributed by atoms with Crippen LogP contribution in [0.1, 0.15) is 10.4 Å². The van der Waals surface area contributed by atoms with Gasteiger partial charge in [0.05, 0.1) is 11.2 Å². The molecule has 0 saturated heterocycles. The molecule has 0 fully saturated rings. The molecule has 4 heteroatoms. The van der Waals surface area contributed by atoms with Crippen molar-refractivity contribution in [1.82, 2.24) is 4.98 Å². The first-order valence-corrected chi connectivity index (χ1v) is 6.18. The molecule has 0 atom stereocenters. The summed E-state index contributed by atoms with van der Waals surface area (Å²) in [6, 6.07) is 15.4. The maximum Gasteiger partial charge on any atom is 0.255 e. The highest BCUT2D eigenvalue weighted by molar-refractivity contribution is 6.08. The van der Waals surface area contributed by atoms with E-state index in [9.17, 15) is 9.90 Å². The third kappa shape index (κ3) is 2.31. The molecule has 20 heavy (non-hydrogen) atoms. The summed E-state index contributed by atoms with van der Waals surface area (Å²) in [5, 5.41) is 13.0. The van der Waals surface area contributed by atoms with Crippen LogP contribution < -0.4 is 5.32 Å². The predicted molar refractivity (Wildman–Crippen MR) is 77.8 cm³/mol. The number of fused-ring (bicyclic) bond motifs is 1. The molecule has 0 bridgehead atoms. The van der Waals surface area contributed by atoms with Gasteiger partial charge in [0.25, 0.3) is 5.91 Å². The van der Waals surface area contributed by atoms with Crippen LogP contribution >= 0.6 is 0 Å². The van der Waals surface area contributed by atoms with Crippen molar-refractivity contribution in [3.63, 3.8) is 0 Å². The first-order valence-electron chi connectivity index (χ1n) is 6.18. The lowest BCUT2D eigenvalue weighted by Gasteiger charge is -2.08. The zero-order valence-electron chi connectivity index (χ0n) is 10.6. The number of carbonyl (C=O) groups excluding carboxylic acids is 1. The summed E-state index contributed by atoms with van der Waals surface area (Å²) in [7, 11) is 0. The van der Waals surface area contributed by atoms with Crippen molar-refractivity contribution in [1.29, 1.82) is 0 Å². The van der Waals surface area contributed by atoms with Gasteiger partial charge in [-0.2, -0.15) is 0 Å². The van der Waals surface area contributed by atoms with E-state index in [2.05, 4.69) is 10.3 Å². The number of rotatable bonds is 2. The van der Waals surface area contributed by atoms with Crippen molar-refractivity contribution in [3.8, 4) is 5.75 Å². The number of benzene rings is 2. The Bertz CT molecular complexity index is 762. The van der Waals surface area contributed by atoms with Crippen LogP contribution in [0.4, 0.5) is 5.69 Å². The van der Waals surface area contributed by atoms with Crippen molar-refractivity contribution < 1.29 is 9.90 Å². The van der Waals surface area contributed by atoms with Crippen molar-refractivity contribution in [2.24, 2.45) is 0 Å². The van der Waals surface area contributed by atoms with Crippen LogP contribution in [0, 0.1) is 0 Å². The molecule has 0 unspecified atom stereocenters. The summed E-state index contributed by atoms with van der Waals surface area (Å²) in [5.41, 5.74) is 2.04. The molecule has 1 amide bonds. The number of aromatic hydroxyl groups is 1. The Hall–Kier alpha value is -2.88. The molecule has 0 aliphatic carbocycles. The van der Waals surface area contributed by atoms with Crippen LogP contribution in [-0.4, -0.2) is 16.0 Å². The van der Waals surface area contributed by atoms with Crippen molar-refractivity contribution in [2.45, 2.75) is 0 Å². The third-order valence-corrected chi connectivity index (χ3v) is 3.02. The summed E-state index contributed by atoms with van der Waals surface area (Å²) in [4.78, 5) is 16.4. The Balaban J connectivity index is 1.93. The average molecular weight is 264 g/mol. The Labute approximate surface area is 115 Å². The largest absolute Gasteiger partial charge is 0.508 e. The molecule has 0 aliphatic rings. The van der Waals surface area contributed by atoms with E-state index in [-0.39, 0.29) is 11.7 Å². The maximum absolute atomic E-state index is 12.2. The fourth-order valence-corrected chi connectivity index (χ4v) is 2.02. The van der Waals surface area contributed by atoms with Crippen LogP contribution in [0.5, 0.6) is 5.75 Å². The number of phenolic OH excluding ortho intramolecular Hbond substituents is 1. The molecular weight excluding hydrogens is 252 g/mol. The topological polar surface area (TPSA) is 62.2 Å². The number of aromatic nitrogens is 1. The molecule has 0 radical (unpaired) electrons. The number of anilines is 1. The molecule has 0 spiro atoms. The minimum Gasteiger partial charge on any atom is -0.508 e. The van der Waals surface area contributed by atoms with Crippen LogP contribution in [0.15, 0.2) is 60.8 Å². The van der Waals surface area contributed by atoms with Gasteiger partial charge in [-0.1, -0.05) is 6.07 Å². The molecule has 2 N–H and O–H groups in total. The summed E-state index contributed by atoms with van der Waals surface area (Å²) >= 11 is 0. The minimum absolute atomic E-state index is 0.135. The van der Waals surface area contributed by atoms with Gasteiger partial charge in [0.1, 0.15) is 5.75 Å². The molecule has 1 heterocycles. The number of hydrogen-bond acceptors (Lipinski definition) is 3. The van der Waals surface area contributed by atoms with E-state index >= 15 is 0 Å². The van der Waals surface area contributed by atoms with Gasteiger partial charge in [0.15, 0.2) is 0 Å². The summed E-state index contributed by atoms with van der Waals surface area (Å²) in [5.74, 6) is -0.0859. The second-order valence-corrected chi connectivity index (χ2v) is 4.38. The van der Waals surface area contributed by atoms with Crippen molar-refractivity contribution >= 4 is 22.5 Å². The van der Waals surface area contributed by atoms with E-state index in [0.717, 1.165) is 10.9 Å². The van der Waals surface area contributed by atoms with Crippen molar-refractivity contribution in [3.05, 3.63) is 66.4 Å². The number of phenols is 1. The first kappa shape index (κ1) is 12.2. The highest BCUT2D eigenvalue weighted by Crippen LogP contribution is 2.22. The molecule has 4 nitrogen and oxygen atoms in total. The maximum atomic E-state index is 12.2. The van der Waals surface area contributed by atoms with Gasteiger partial charge in [-0.15, -0.1) is 0 Å². The molecule has 3 rings (SSSR count). The predicted octanol–water partition coefficient (Wildman–Crippen LogP) is 3.19. The Kier molecular flexibility index (Phi) is 3.05. The Morgan fingerprint density at radius 3 is 2.60 bits per heavy atom. The number of nitrogens with zero attached hydrogens (tertiary/aromatic N) is 1. The number of hydrogen-bond donors (Lipinski definition) is 2. The molecule has 98 valence electrons. The van der Waals surface area contributed by atoms with E-state index in [1.807, 2.05) is 30.3 Å². The fourth-order valence-electron chi connectivity index (χ4n) is 2.02. The average Bonchev–Trinajstić information content (AvgIpc) is 2.48. The van der Waals surface area contributed by atoms with Gasteiger partial charge in [-0.25, -0.2) is 0 Å². The van der Waals surface area contributed by atoms with E-state index in [1.54, 1.807) is 18.3 Å². The SMILES string of the molecule is O=C(Nc1cccc2ncccc12)c1ccc(O)cc1. The van der Waals surface area contributed by atoms with Gasteiger partial charge < -0.3 is 10.4 Å². The molecule has 0 saturated carbocycles. The standard InChI is InChI=1S/C16H12N2O2/c19-12-8-6-11(7-9-12)16(20)18-15-5-1-4-14-13(15)3-2-10-17-14/h1-10,19H,(H,18,20). The molecular formula is C16H12N2O2. The summed E-state index contributed by atoms with van der Waals surface area (Å²) in [6.45, 7) is 0. The molecule has 3 aromatic rings. The fraction of sp³-hybridized carbons (Fsp3) is 0. The van der Waals surface area contributed by atoms with E-state index in [0.29, 0.717) is 11.3 Å². The lowest BCUT2D eigenvalue weighted by Crippen LogP contribution is -2.11. The Morgan fingerprint density at radius 1 is 1.00 bits per heavy atom. The van der Waals surface area contributed by atoms with Crippen LogP contribution in [-0.2, 0) is 0 Å². The number of amides is 1. The van der Waals surface area contributed by atoms with Crippen LogP contribution in [0.2, 0.25) is 0 Å².